The molecule has 0 radical (unpaired) electrons. The van der Waals surface area contributed by atoms with Gasteiger partial charge < -0.3 is 15.5 Å². The highest BCUT2D eigenvalue weighted by Crippen LogP contribution is 2.10. The minimum Gasteiger partial charge on any atom is -0.354 e. The molecule has 2 rings (SSSR count). The largest absolute Gasteiger partial charge is 0.354 e. The van der Waals surface area contributed by atoms with E-state index in [0.717, 1.165) is 37.1 Å². The van der Waals surface area contributed by atoms with E-state index in [-0.39, 0.29) is 24.3 Å². The van der Waals surface area contributed by atoms with Crippen LogP contribution < -0.4 is 10.6 Å². The minimum absolute atomic E-state index is 0.0759. The van der Waals surface area contributed by atoms with Gasteiger partial charge in [0.2, 0.25) is 11.8 Å². The molecule has 1 aliphatic heterocycles. The number of nitrogens with one attached hydrogen (secondary N) is 2. The molecule has 0 aliphatic carbocycles. The molecule has 0 saturated carbocycles. The molecule has 1 aromatic carbocycles. The van der Waals surface area contributed by atoms with Gasteiger partial charge in [0, 0.05) is 31.6 Å². The van der Waals surface area contributed by atoms with Crippen molar-refractivity contribution in [1.82, 2.24) is 15.5 Å². The number of carbonyl (C=O) groups excluding carboxylic acids is 3. The molecule has 24 heavy (non-hydrogen) atoms. The second-order valence-electron chi connectivity index (χ2n) is 6.17. The van der Waals surface area contributed by atoms with Crippen LogP contribution in [0.2, 0.25) is 0 Å². The zero-order valence-electron chi connectivity index (χ0n) is 14.4. The summed E-state index contributed by atoms with van der Waals surface area (Å²) in [5, 5.41) is 5.26. The number of aryl methyl sites for hydroxylation is 2. The third kappa shape index (κ3) is 5.08. The first kappa shape index (κ1) is 18.0. The fourth-order valence-electron chi connectivity index (χ4n) is 2.64. The summed E-state index contributed by atoms with van der Waals surface area (Å²) in [5.41, 5.74) is 2.69. The summed E-state index contributed by atoms with van der Waals surface area (Å²) >= 11 is 0. The van der Waals surface area contributed by atoms with Gasteiger partial charge in [-0.25, -0.2) is 0 Å². The van der Waals surface area contributed by atoms with E-state index >= 15 is 0 Å². The van der Waals surface area contributed by atoms with Gasteiger partial charge in [-0.1, -0.05) is 6.07 Å². The lowest BCUT2D eigenvalue weighted by molar-refractivity contribution is -0.130. The van der Waals surface area contributed by atoms with Crippen molar-refractivity contribution in [2.45, 2.75) is 33.1 Å². The van der Waals surface area contributed by atoms with Crippen molar-refractivity contribution in [3.05, 3.63) is 34.9 Å². The summed E-state index contributed by atoms with van der Waals surface area (Å²) < 4.78 is 0. The van der Waals surface area contributed by atoms with Crippen LogP contribution >= 0.6 is 0 Å². The number of hydrogen-bond donors (Lipinski definition) is 2. The first-order valence-corrected chi connectivity index (χ1v) is 8.37. The quantitative estimate of drug-likeness (QED) is 0.821. The van der Waals surface area contributed by atoms with Gasteiger partial charge >= 0.3 is 0 Å². The second-order valence-corrected chi connectivity index (χ2v) is 6.17. The molecule has 0 aromatic heterocycles. The Morgan fingerprint density at radius 2 is 1.75 bits per heavy atom. The summed E-state index contributed by atoms with van der Waals surface area (Å²) in [6, 6.07) is 5.43. The maximum Gasteiger partial charge on any atom is 0.251 e. The molecule has 3 amide bonds. The molecule has 0 unspecified atom stereocenters. The molecule has 0 atom stereocenters. The Morgan fingerprint density at radius 3 is 2.42 bits per heavy atom. The highest BCUT2D eigenvalue weighted by atomic mass is 16.2. The van der Waals surface area contributed by atoms with Gasteiger partial charge in [-0.2, -0.15) is 0 Å². The van der Waals surface area contributed by atoms with Crippen LogP contribution in [0.15, 0.2) is 18.2 Å². The van der Waals surface area contributed by atoms with Crippen LogP contribution in [0.3, 0.4) is 0 Å². The molecule has 1 saturated heterocycles. The Kier molecular flexibility index (Phi) is 6.35. The number of amides is 3. The lowest BCUT2D eigenvalue weighted by Crippen LogP contribution is -2.38. The van der Waals surface area contributed by atoms with Crippen LogP contribution in [0.5, 0.6) is 0 Å². The third-order valence-corrected chi connectivity index (χ3v) is 4.30. The van der Waals surface area contributed by atoms with Crippen LogP contribution in [-0.4, -0.2) is 48.8 Å². The van der Waals surface area contributed by atoms with E-state index in [0.29, 0.717) is 18.5 Å². The number of rotatable bonds is 6. The molecule has 6 heteroatoms. The Bertz CT molecular complexity index is 622. The molecule has 1 heterocycles. The van der Waals surface area contributed by atoms with E-state index in [1.807, 2.05) is 24.8 Å². The number of benzene rings is 1. The summed E-state index contributed by atoms with van der Waals surface area (Å²) in [6.07, 6.45) is 2.42. The second kappa shape index (κ2) is 8.47. The predicted octanol–water partition coefficient (Wildman–Crippen LogP) is 1.16. The number of hydrogen-bond acceptors (Lipinski definition) is 3. The molecule has 0 bridgehead atoms. The van der Waals surface area contributed by atoms with E-state index < -0.39 is 0 Å². The van der Waals surface area contributed by atoms with Crippen LogP contribution in [0.25, 0.3) is 0 Å². The maximum atomic E-state index is 12.0. The van der Waals surface area contributed by atoms with Crippen molar-refractivity contribution in [2.24, 2.45) is 0 Å². The molecule has 1 aliphatic rings. The van der Waals surface area contributed by atoms with E-state index in [2.05, 4.69) is 10.6 Å². The lowest BCUT2D eigenvalue weighted by atomic mass is 10.1. The molecule has 0 spiro atoms. The zero-order chi connectivity index (χ0) is 17.5. The number of likely N-dealkylation sites (tertiary alicyclic amines) is 1. The molecule has 1 fully saturated rings. The average Bonchev–Trinajstić information content (AvgIpc) is 3.09. The van der Waals surface area contributed by atoms with Gasteiger partial charge in [-0.05, 0) is 49.9 Å². The Morgan fingerprint density at radius 1 is 1.04 bits per heavy atom. The Balaban J connectivity index is 1.67. The van der Waals surface area contributed by atoms with Crippen LogP contribution in [0.4, 0.5) is 0 Å². The average molecular weight is 331 g/mol. The Hall–Kier alpha value is -2.37. The van der Waals surface area contributed by atoms with Gasteiger partial charge in [-0.3, -0.25) is 14.4 Å². The number of nitrogens with zero attached hydrogens (tertiary/aromatic N) is 1. The summed E-state index contributed by atoms with van der Waals surface area (Å²) in [7, 11) is 0. The van der Waals surface area contributed by atoms with Crippen LogP contribution in [0, 0.1) is 13.8 Å². The summed E-state index contributed by atoms with van der Waals surface area (Å²) in [6.45, 7) is 5.76. The standard InChI is InChI=1S/C18H25N3O3/c1-13-5-6-15(11-14(13)2)18(24)20-12-16(22)19-8-7-17(23)21-9-3-4-10-21/h5-6,11H,3-4,7-10,12H2,1-2H3,(H,19,22)(H,20,24). The smallest absolute Gasteiger partial charge is 0.251 e. The first-order valence-electron chi connectivity index (χ1n) is 8.37. The van der Waals surface area contributed by atoms with Gasteiger partial charge in [0.25, 0.3) is 5.91 Å². The fraction of sp³-hybridized carbons (Fsp3) is 0.500. The van der Waals surface area contributed by atoms with Crippen molar-refractivity contribution in [1.29, 1.82) is 0 Å². The highest BCUT2D eigenvalue weighted by molar-refractivity contribution is 5.96. The van der Waals surface area contributed by atoms with E-state index in [1.165, 1.54) is 0 Å². The number of carbonyl (C=O) groups is 3. The minimum atomic E-state index is -0.290. The SMILES string of the molecule is Cc1ccc(C(=O)NCC(=O)NCCC(=O)N2CCCC2)cc1C. The van der Waals surface area contributed by atoms with Crippen molar-refractivity contribution < 1.29 is 14.4 Å². The van der Waals surface area contributed by atoms with Crippen LogP contribution in [-0.2, 0) is 9.59 Å². The fourth-order valence-corrected chi connectivity index (χ4v) is 2.64. The first-order chi connectivity index (χ1) is 11.5. The van der Waals surface area contributed by atoms with E-state index in [4.69, 9.17) is 0 Å². The normalized spacial score (nSPS) is 13.7. The molecular formula is C18H25N3O3. The molecule has 130 valence electrons. The summed E-state index contributed by atoms with van der Waals surface area (Å²) in [5.74, 6) is -0.491. The van der Waals surface area contributed by atoms with Gasteiger partial charge in [0.1, 0.15) is 0 Å². The molecule has 2 N–H and O–H groups in total. The Labute approximate surface area is 142 Å². The molecular weight excluding hydrogens is 306 g/mol. The van der Waals surface area contributed by atoms with Crippen molar-refractivity contribution in [3.63, 3.8) is 0 Å². The van der Waals surface area contributed by atoms with Crippen LogP contribution in [0.1, 0.15) is 40.7 Å². The molecule has 1 aromatic rings. The highest BCUT2D eigenvalue weighted by Gasteiger charge is 2.17. The van der Waals surface area contributed by atoms with E-state index in [1.54, 1.807) is 12.1 Å². The van der Waals surface area contributed by atoms with Crippen molar-refractivity contribution in [2.75, 3.05) is 26.2 Å². The van der Waals surface area contributed by atoms with Gasteiger partial charge in [-0.15, -0.1) is 0 Å². The third-order valence-electron chi connectivity index (χ3n) is 4.30. The van der Waals surface area contributed by atoms with Gasteiger partial charge in [0.05, 0.1) is 6.54 Å². The monoisotopic (exact) mass is 331 g/mol. The molecule has 6 nitrogen and oxygen atoms in total. The summed E-state index contributed by atoms with van der Waals surface area (Å²) in [4.78, 5) is 37.4. The van der Waals surface area contributed by atoms with Crippen molar-refractivity contribution in [3.8, 4) is 0 Å². The van der Waals surface area contributed by atoms with E-state index in [9.17, 15) is 14.4 Å². The maximum absolute atomic E-state index is 12.0. The zero-order valence-corrected chi connectivity index (χ0v) is 14.4. The lowest BCUT2D eigenvalue weighted by Gasteiger charge is -2.15. The predicted molar refractivity (Wildman–Crippen MR) is 91.7 cm³/mol. The van der Waals surface area contributed by atoms with Gasteiger partial charge in [0.15, 0.2) is 0 Å². The van der Waals surface area contributed by atoms with Crippen molar-refractivity contribution >= 4 is 17.7 Å². The topological polar surface area (TPSA) is 78.5 Å².